The Kier molecular flexibility index (Phi) is 2.51. The van der Waals surface area contributed by atoms with Gasteiger partial charge in [-0.05, 0) is 18.9 Å². The highest BCUT2D eigenvalue weighted by Crippen LogP contribution is 2.38. The zero-order valence-electron chi connectivity index (χ0n) is 9.87. The van der Waals surface area contributed by atoms with Gasteiger partial charge in [0.05, 0.1) is 7.11 Å². The summed E-state index contributed by atoms with van der Waals surface area (Å²) in [5.74, 6) is 2.29. The molecule has 18 heavy (non-hydrogen) atoms. The molecule has 0 amide bonds. The van der Waals surface area contributed by atoms with E-state index in [-0.39, 0.29) is 5.95 Å². The molecule has 3 rings (SSSR count). The molecule has 0 bridgehead atoms. The Morgan fingerprint density at radius 2 is 2.00 bits per heavy atom. The first kappa shape index (κ1) is 10.8. The fourth-order valence-electron chi connectivity index (χ4n) is 1.60. The highest BCUT2D eigenvalue weighted by atomic mass is 16.5. The van der Waals surface area contributed by atoms with Crippen LogP contribution in [0, 0.1) is 0 Å². The maximum absolute atomic E-state index is 5.68. The minimum atomic E-state index is 0.222. The van der Waals surface area contributed by atoms with Crippen LogP contribution in [0.4, 0.5) is 5.95 Å². The van der Waals surface area contributed by atoms with E-state index in [0.717, 1.165) is 18.7 Å². The number of hydrogen-bond donors (Lipinski definition) is 1. The average Bonchev–Trinajstić information content (AvgIpc) is 3.22. The van der Waals surface area contributed by atoms with Gasteiger partial charge in [0.15, 0.2) is 5.82 Å². The number of aromatic nitrogens is 5. The molecule has 0 spiro atoms. The van der Waals surface area contributed by atoms with Crippen molar-refractivity contribution in [1.29, 1.82) is 0 Å². The van der Waals surface area contributed by atoms with E-state index < -0.39 is 0 Å². The second-order valence-electron chi connectivity index (χ2n) is 4.11. The van der Waals surface area contributed by atoms with Crippen LogP contribution in [0.1, 0.15) is 24.6 Å². The zero-order chi connectivity index (χ0) is 12.5. The van der Waals surface area contributed by atoms with E-state index in [1.165, 1.54) is 7.11 Å². The van der Waals surface area contributed by atoms with Crippen molar-refractivity contribution in [3.63, 3.8) is 0 Å². The maximum Gasteiger partial charge on any atom is 0.233 e. The van der Waals surface area contributed by atoms with Gasteiger partial charge < -0.3 is 10.5 Å². The fraction of sp³-hybridized carbons (Fsp3) is 0.364. The third-order valence-electron chi connectivity index (χ3n) is 2.69. The molecule has 0 aromatic carbocycles. The molecule has 0 aliphatic heterocycles. The van der Waals surface area contributed by atoms with Crippen molar-refractivity contribution in [2.75, 3.05) is 12.8 Å². The lowest BCUT2D eigenvalue weighted by molar-refractivity contribution is 0.392. The maximum atomic E-state index is 5.68. The molecule has 0 radical (unpaired) electrons. The lowest BCUT2D eigenvalue weighted by atomic mass is 10.3. The Labute approximate surface area is 103 Å². The van der Waals surface area contributed by atoms with Gasteiger partial charge in [-0.3, -0.25) is 0 Å². The molecule has 0 saturated heterocycles. The van der Waals surface area contributed by atoms with E-state index in [1.54, 1.807) is 12.1 Å². The first-order valence-electron chi connectivity index (χ1n) is 5.66. The molecule has 2 aromatic heterocycles. The van der Waals surface area contributed by atoms with Crippen molar-refractivity contribution >= 4 is 5.95 Å². The van der Waals surface area contributed by atoms with Crippen molar-refractivity contribution in [2.24, 2.45) is 0 Å². The molecular weight excluding hydrogens is 232 g/mol. The first-order chi connectivity index (χ1) is 8.76. The van der Waals surface area contributed by atoms with E-state index in [1.807, 2.05) is 0 Å². The summed E-state index contributed by atoms with van der Waals surface area (Å²) in [6.45, 7) is 0. The van der Waals surface area contributed by atoms with Gasteiger partial charge >= 0.3 is 0 Å². The SMILES string of the molecule is COc1ccc(-c2nc(N)nc(C3CC3)n2)nn1. The summed E-state index contributed by atoms with van der Waals surface area (Å²) in [4.78, 5) is 12.6. The van der Waals surface area contributed by atoms with Crippen LogP contribution in [0.3, 0.4) is 0 Å². The van der Waals surface area contributed by atoms with E-state index in [9.17, 15) is 0 Å². The number of nitrogens with two attached hydrogens (primary N) is 1. The predicted molar refractivity (Wildman–Crippen MR) is 63.8 cm³/mol. The summed E-state index contributed by atoms with van der Waals surface area (Å²) >= 11 is 0. The topological polar surface area (TPSA) is 99.7 Å². The van der Waals surface area contributed by atoms with Crippen molar-refractivity contribution in [1.82, 2.24) is 25.1 Å². The van der Waals surface area contributed by atoms with Gasteiger partial charge in [0, 0.05) is 12.0 Å². The second-order valence-corrected chi connectivity index (χ2v) is 4.11. The van der Waals surface area contributed by atoms with Crippen LogP contribution >= 0.6 is 0 Å². The van der Waals surface area contributed by atoms with Crippen LogP contribution in [-0.2, 0) is 0 Å². The van der Waals surface area contributed by atoms with Gasteiger partial charge in [-0.15, -0.1) is 10.2 Å². The van der Waals surface area contributed by atoms with E-state index >= 15 is 0 Å². The lowest BCUT2D eigenvalue weighted by Crippen LogP contribution is -2.05. The molecule has 7 heteroatoms. The minimum absolute atomic E-state index is 0.222. The van der Waals surface area contributed by atoms with Crippen LogP contribution in [0.2, 0.25) is 0 Å². The van der Waals surface area contributed by atoms with Crippen molar-refractivity contribution in [3.05, 3.63) is 18.0 Å². The minimum Gasteiger partial charge on any atom is -0.480 e. The standard InChI is InChI=1S/C11H12N6O/c1-18-8-5-4-7(16-17-8)10-13-9(6-2-3-6)14-11(12)15-10/h4-6H,2-3H2,1H3,(H2,12,13,14,15). The Balaban J connectivity index is 1.98. The molecule has 92 valence electrons. The van der Waals surface area contributed by atoms with E-state index in [2.05, 4.69) is 25.1 Å². The van der Waals surface area contributed by atoms with Crippen LogP contribution in [0.25, 0.3) is 11.5 Å². The molecule has 1 fully saturated rings. The first-order valence-corrected chi connectivity index (χ1v) is 5.66. The number of rotatable bonds is 3. The third-order valence-corrected chi connectivity index (χ3v) is 2.69. The van der Waals surface area contributed by atoms with Crippen molar-refractivity contribution in [3.8, 4) is 17.4 Å². The van der Waals surface area contributed by atoms with Crippen LogP contribution in [0.15, 0.2) is 12.1 Å². The average molecular weight is 244 g/mol. The monoisotopic (exact) mass is 244 g/mol. The van der Waals surface area contributed by atoms with E-state index in [4.69, 9.17) is 10.5 Å². The summed E-state index contributed by atoms with van der Waals surface area (Å²) < 4.78 is 4.95. The van der Waals surface area contributed by atoms with Crippen LogP contribution in [0.5, 0.6) is 5.88 Å². The van der Waals surface area contributed by atoms with Crippen LogP contribution in [-0.4, -0.2) is 32.3 Å². The molecule has 1 aliphatic carbocycles. The summed E-state index contributed by atoms with van der Waals surface area (Å²) in [5.41, 5.74) is 6.25. The van der Waals surface area contributed by atoms with Crippen LogP contribution < -0.4 is 10.5 Å². The number of ether oxygens (including phenoxy) is 1. The second kappa shape index (κ2) is 4.17. The molecular formula is C11H12N6O. The normalized spacial score (nSPS) is 14.5. The van der Waals surface area contributed by atoms with Gasteiger partial charge in [0.25, 0.3) is 0 Å². The quantitative estimate of drug-likeness (QED) is 0.852. The van der Waals surface area contributed by atoms with Gasteiger partial charge in [-0.1, -0.05) is 0 Å². The molecule has 2 aromatic rings. The molecule has 2 N–H and O–H groups in total. The molecule has 0 atom stereocenters. The lowest BCUT2D eigenvalue weighted by Gasteiger charge is -2.03. The summed E-state index contributed by atoms with van der Waals surface area (Å²) in [5, 5.41) is 7.88. The summed E-state index contributed by atoms with van der Waals surface area (Å²) in [6, 6.07) is 3.45. The Bertz CT molecular complexity index is 566. The molecule has 1 aliphatic rings. The summed E-state index contributed by atoms with van der Waals surface area (Å²) in [7, 11) is 1.54. The van der Waals surface area contributed by atoms with Gasteiger partial charge in [0.1, 0.15) is 11.5 Å². The van der Waals surface area contributed by atoms with Crippen molar-refractivity contribution < 1.29 is 4.74 Å². The van der Waals surface area contributed by atoms with E-state index in [0.29, 0.717) is 23.3 Å². The Morgan fingerprint density at radius 3 is 2.61 bits per heavy atom. The molecule has 1 saturated carbocycles. The zero-order valence-corrected chi connectivity index (χ0v) is 9.87. The van der Waals surface area contributed by atoms with Crippen molar-refractivity contribution in [2.45, 2.75) is 18.8 Å². The number of nitrogens with zero attached hydrogens (tertiary/aromatic N) is 5. The largest absolute Gasteiger partial charge is 0.480 e. The van der Waals surface area contributed by atoms with Gasteiger partial charge in [-0.2, -0.15) is 9.97 Å². The Morgan fingerprint density at radius 1 is 1.17 bits per heavy atom. The van der Waals surface area contributed by atoms with Gasteiger partial charge in [-0.25, -0.2) is 4.98 Å². The number of methoxy groups -OCH3 is 1. The smallest absolute Gasteiger partial charge is 0.233 e. The molecule has 2 heterocycles. The highest BCUT2D eigenvalue weighted by molar-refractivity contribution is 5.50. The summed E-state index contributed by atoms with van der Waals surface area (Å²) in [6.07, 6.45) is 2.22. The fourth-order valence-corrected chi connectivity index (χ4v) is 1.60. The predicted octanol–water partition coefficient (Wildman–Crippen LogP) is 0.797. The molecule has 0 unspecified atom stereocenters. The number of hydrogen-bond acceptors (Lipinski definition) is 7. The Hall–Kier alpha value is -2.31. The highest BCUT2D eigenvalue weighted by Gasteiger charge is 2.27. The number of nitrogen functional groups attached to an aromatic ring is 1. The number of anilines is 1. The third kappa shape index (κ3) is 2.06. The molecule has 7 nitrogen and oxygen atoms in total. The van der Waals surface area contributed by atoms with Gasteiger partial charge in [0.2, 0.25) is 11.8 Å².